The molecule has 7 heteroatoms. The monoisotopic (exact) mass is 262 g/mol. The molecule has 1 saturated heterocycles. The van der Waals surface area contributed by atoms with E-state index < -0.39 is 26.6 Å². The van der Waals surface area contributed by atoms with Crippen LogP contribution in [0, 0.1) is 17.7 Å². The van der Waals surface area contributed by atoms with Gasteiger partial charge in [0, 0.05) is 13.1 Å². The average Bonchev–Trinajstić information content (AvgIpc) is 2.29. The summed E-state index contributed by atoms with van der Waals surface area (Å²) in [6.07, 6.45) is 0. The number of nitrogens with zero attached hydrogens (tertiary/aromatic N) is 1. The van der Waals surface area contributed by atoms with Crippen LogP contribution in [0.15, 0.2) is 17.0 Å². The van der Waals surface area contributed by atoms with E-state index in [2.05, 4.69) is 0 Å². The molecule has 1 heterocycles. The predicted octanol–water partition coefficient (Wildman–Crippen LogP) is 0.786. The molecule has 0 amide bonds. The smallest absolute Gasteiger partial charge is 0.243 e. The first-order valence-electron chi connectivity index (χ1n) is 4.96. The third kappa shape index (κ3) is 2.62. The Labute approximate surface area is 97.9 Å². The number of rotatable bonds is 2. The summed E-state index contributed by atoms with van der Waals surface area (Å²) in [5, 5.41) is 0. The van der Waals surface area contributed by atoms with Crippen LogP contribution in [0.4, 0.5) is 8.78 Å². The van der Waals surface area contributed by atoms with Crippen molar-refractivity contribution in [3.8, 4) is 0 Å². The van der Waals surface area contributed by atoms with Crippen molar-refractivity contribution in [1.29, 1.82) is 0 Å². The van der Waals surface area contributed by atoms with Crippen molar-refractivity contribution < 1.29 is 21.9 Å². The molecular formula is C10H10F2NO3S. The van der Waals surface area contributed by atoms with Crippen LogP contribution >= 0.6 is 0 Å². The van der Waals surface area contributed by atoms with E-state index in [-0.39, 0.29) is 26.3 Å². The Balaban J connectivity index is 2.36. The fourth-order valence-corrected chi connectivity index (χ4v) is 3.00. The van der Waals surface area contributed by atoms with Crippen LogP contribution in [0.5, 0.6) is 0 Å². The van der Waals surface area contributed by atoms with Gasteiger partial charge >= 0.3 is 0 Å². The van der Waals surface area contributed by atoms with Crippen molar-refractivity contribution in [1.82, 2.24) is 4.31 Å². The lowest BCUT2D eigenvalue weighted by Gasteiger charge is -2.26. The van der Waals surface area contributed by atoms with Crippen LogP contribution in [0.1, 0.15) is 0 Å². The van der Waals surface area contributed by atoms with Crippen molar-refractivity contribution in [3.05, 3.63) is 29.8 Å². The highest BCUT2D eigenvalue weighted by Gasteiger charge is 2.27. The lowest BCUT2D eigenvalue weighted by molar-refractivity contribution is 0.0730. The SMILES string of the molecule is O=S(=O)(c1cc(F)[c]c(F)c1)N1CCOCC1. The summed E-state index contributed by atoms with van der Waals surface area (Å²) in [5.74, 6) is -2.06. The molecule has 1 aliphatic heterocycles. The second-order valence-corrected chi connectivity index (χ2v) is 5.47. The van der Waals surface area contributed by atoms with Gasteiger partial charge in [-0.3, -0.25) is 0 Å². The largest absolute Gasteiger partial charge is 0.379 e. The highest BCUT2D eigenvalue weighted by atomic mass is 32.2. The van der Waals surface area contributed by atoms with Gasteiger partial charge in [0.2, 0.25) is 10.0 Å². The first-order chi connectivity index (χ1) is 8.00. The summed E-state index contributed by atoms with van der Waals surface area (Å²) in [6.45, 7) is 0.931. The first-order valence-corrected chi connectivity index (χ1v) is 6.40. The van der Waals surface area contributed by atoms with Gasteiger partial charge < -0.3 is 4.74 Å². The molecule has 0 N–H and O–H groups in total. The molecule has 0 atom stereocenters. The van der Waals surface area contributed by atoms with Crippen LogP contribution in [0.2, 0.25) is 0 Å². The van der Waals surface area contributed by atoms with Crippen molar-refractivity contribution in [2.24, 2.45) is 0 Å². The Morgan fingerprint density at radius 1 is 1.18 bits per heavy atom. The number of halogens is 2. The Morgan fingerprint density at radius 2 is 1.71 bits per heavy atom. The zero-order valence-electron chi connectivity index (χ0n) is 8.82. The van der Waals surface area contributed by atoms with Crippen LogP contribution in [0.3, 0.4) is 0 Å². The number of ether oxygens (including phenoxy) is 1. The van der Waals surface area contributed by atoms with E-state index in [0.29, 0.717) is 0 Å². The Hall–Kier alpha value is -1.05. The number of hydrogen-bond acceptors (Lipinski definition) is 3. The lowest BCUT2D eigenvalue weighted by atomic mass is 10.3. The minimum absolute atomic E-state index is 0.185. The van der Waals surface area contributed by atoms with Gasteiger partial charge in [0.15, 0.2) is 0 Å². The maximum absolute atomic E-state index is 12.9. The second kappa shape index (κ2) is 4.67. The zero-order chi connectivity index (χ0) is 12.5. The molecule has 1 radical (unpaired) electrons. The van der Waals surface area contributed by atoms with Crippen molar-refractivity contribution >= 4 is 10.0 Å². The summed E-state index contributed by atoms with van der Waals surface area (Å²) >= 11 is 0. The Kier molecular flexibility index (Phi) is 3.41. The third-order valence-electron chi connectivity index (χ3n) is 2.38. The molecule has 17 heavy (non-hydrogen) atoms. The molecule has 4 nitrogen and oxygen atoms in total. The molecule has 0 unspecified atom stereocenters. The summed E-state index contributed by atoms with van der Waals surface area (Å²) in [6, 6.07) is 3.26. The maximum atomic E-state index is 12.9. The molecule has 1 aromatic carbocycles. The molecule has 1 fully saturated rings. The van der Waals surface area contributed by atoms with E-state index in [1.165, 1.54) is 0 Å². The molecule has 0 aromatic heterocycles. The molecule has 1 aromatic rings. The summed E-state index contributed by atoms with van der Waals surface area (Å²) in [5.41, 5.74) is 0. The fraction of sp³-hybridized carbons (Fsp3) is 0.400. The van der Waals surface area contributed by atoms with E-state index >= 15 is 0 Å². The van der Waals surface area contributed by atoms with Crippen molar-refractivity contribution in [2.45, 2.75) is 4.90 Å². The molecule has 0 saturated carbocycles. The first kappa shape index (κ1) is 12.4. The van der Waals surface area contributed by atoms with Gasteiger partial charge in [-0.1, -0.05) is 0 Å². The van der Waals surface area contributed by atoms with Crippen molar-refractivity contribution in [2.75, 3.05) is 26.3 Å². The van der Waals surface area contributed by atoms with E-state index in [1.807, 2.05) is 0 Å². The lowest BCUT2D eigenvalue weighted by Crippen LogP contribution is -2.40. The van der Waals surface area contributed by atoms with Crippen LogP contribution < -0.4 is 0 Å². The minimum Gasteiger partial charge on any atom is -0.379 e. The topological polar surface area (TPSA) is 46.6 Å². The van der Waals surface area contributed by atoms with Gasteiger partial charge in [0.1, 0.15) is 11.6 Å². The Morgan fingerprint density at radius 3 is 2.24 bits per heavy atom. The van der Waals surface area contributed by atoms with E-state index in [0.717, 1.165) is 16.4 Å². The highest BCUT2D eigenvalue weighted by Crippen LogP contribution is 2.18. The molecule has 0 spiro atoms. The number of morpholine rings is 1. The van der Waals surface area contributed by atoms with Crippen molar-refractivity contribution in [3.63, 3.8) is 0 Å². The molecule has 93 valence electrons. The third-order valence-corrected chi connectivity index (χ3v) is 4.26. The molecule has 0 aliphatic carbocycles. The fourth-order valence-electron chi connectivity index (χ4n) is 1.56. The second-order valence-electron chi connectivity index (χ2n) is 3.53. The minimum atomic E-state index is -3.85. The quantitative estimate of drug-likeness (QED) is 0.791. The average molecular weight is 262 g/mol. The number of sulfonamides is 1. The molecular weight excluding hydrogens is 252 g/mol. The summed E-state index contributed by atoms with van der Waals surface area (Å²) in [7, 11) is -3.85. The van der Waals surface area contributed by atoms with Gasteiger partial charge in [0.05, 0.1) is 24.2 Å². The summed E-state index contributed by atoms with van der Waals surface area (Å²) < 4.78 is 56.0. The summed E-state index contributed by atoms with van der Waals surface area (Å²) in [4.78, 5) is -0.395. The van der Waals surface area contributed by atoms with E-state index in [9.17, 15) is 17.2 Å². The molecule has 2 rings (SSSR count). The molecule has 0 bridgehead atoms. The standard InChI is InChI=1S/C10H10F2NO3S/c11-8-5-9(12)7-10(6-8)17(14,15)13-1-3-16-4-2-13/h6-7H,1-4H2. The van der Waals surface area contributed by atoms with Gasteiger partial charge in [-0.05, 0) is 12.1 Å². The van der Waals surface area contributed by atoms with Crippen LogP contribution in [-0.2, 0) is 14.8 Å². The maximum Gasteiger partial charge on any atom is 0.243 e. The highest BCUT2D eigenvalue weighted by molar-refractivity contribution is 7.89. The van der Waals surface area contributed by atoms with Gasteiger partial charge in [-0.25, -0.2) is 17.2 Å². The van der Waals surface area contributed by atoms with Gasteiger partial charge in [-0.15, -0.1) is 0 Å². The van der Waals surface area contributed by atoms with Gasteiger partial charge in [-0.2, -0.15) is 4.31 Å². The zero-order valence-corrected chi connectivity index (χ0v) is 9.64. The Bertz CT molecular complexity index is 492. The van der Waals surface area contributed by atoms with Gasteiger partial charge in [0.25, 0.3) is 0 Å². The van der Waals surface area contributed by atoms with E-state index in [4.69, 9.17) is 4.74 Å². The number of benzene rings is 1. The normalized spacial score (nSPS) is 18.2. The van der Waals surface area contributed by atoms with Crippen LogP contribution in [-0.4, -0.2) is 39.0 Å². The molecule has 1 aliphatic rings. The number of hydrogen-bond donors (Lipinski definition) is 0. The van der Waals surface area contributed by atoms with E-state index in [1.54, 1.807) is 6.07 Å². The van der Waals surface area contributed by atoms with Crippen LogP contribution in [0.25, 0.3) is 0 Å². The predicted molar refractivity (Wildman–Crippen MR) is 54.8 cm³/mol.